The molecule has 0 spiro atoms. The van der Waals surface area contributed by atoms with E-state index < -0.39 is 0 Å². The molecular formula is C20H21N5O3. The van der Waals surface area contributed by atoms with E-state index in [1.807, 2.05) is 25.1 Å². The lowest BCUT2D eigenvalue weighted by Gasteiger charge is -2.08. The summed E-state index contributed by atoms with van der Waals surface area (Å²) in [5.41, 5.74) is 2.12. The first kappa shape index (κ1) is 18.0. The molecule has 0 aliphatic heterocycles. The Morgan fingerprint density at radius 1 is 1.18 bits per heavy atom. The number of para-hydroxylation sites is 2. The van der Waals surface area contributed by atoms with E-state index in [0.29, 0.717) is 36.9 Å². The molecule has 4 rings (SSSR count). The average molecular weight is 379 g/mol. The van der Waals surface area contributed by atoms with Crippen molar-refractivity contribution in [2.24, 2.45) is 0 Å². The number of nitrogens with zero attached hydrogens (tertiary/aromatic N) is 4. The van der Waals surface area contributed by atoms with Crippen LogP contribution in [0.25, 0.3) is 22.6 Å². The van der Waals surface area contributed by atoms with E-state index in [-0.39, 0.29) is 5.91 Å². The van der Waals surface area contributed by atoms with Gasteiger partial charge in [-0.1, -0.05) is 17.3 Å². The summed E-state index contributed by atoms with van der Waals surface area (Å²) in [7, 11) is 0. The minimum absolute atomic E-state index is 0.0371. The lowest BCUT2D eigenvalue weighted by atomic mass is 10.3. The first-order chi connectivity index (χ1) is 13.7. The first-order valence-corrected chi connectivity index (χ1v) is 9.26. The minimum Gasteiger partial charge on any atom is -0.461 e. The van der Waals surface area contributed by atoms with Gasteiger partial charge in [0.1, 0.15) is 5.82 Å². The molecule has 0 fully saturated rings. The Labute approximate surface area is 161 Å². The Morgan fingerprint density at radius 3 is 2.93 bits per heavy atom. The molecule has 28 heavy (non-hydrogen) atoms. The number of aryl methyl sites for hydroxylation is 3. The van der Waals surface area contributed by atoms with Gasteiger partial charge in [0.15, 0.2) is 5.76 Å². The highest BCUT2D eigenvalue weighted by molar-refractivity contribution is 5.76. The van der Waals surface area contributed by atoms with Crippen LogP contribution >= 0.6 is 0 Å². The Kier molecular flexibility index (Phi) is 5.18. The van der Waals surface area contributed by atoms with Gasteiger partial charge in [-0.3, -0.25) is 4.79 Å². The molecule has 0 aliphatic rings. The first-order valence-electron chi connectivity index (χ1n) is 9.26. The number of fused-ring (bicyclic) bond motifs is 1. The van der Waals surface area contributed by atoms with Crippen molar-refractivity contribution in [3.05, 3.63) is 54.4 Å². The smallest absolute Gasteiger partial charge is 0.238 e. The lowest BCUT2D eigenvalue weighted by Crippen LogP contribution is -2.25. The van der Waals surface area contributed by atoms with Crippen molar-refractivity contribution in [2.75, 3.05) is 6.54 Å². The van der Waals surface area contributed by atoms with Gasteiger partial charge in [-0.25, -0.2) is 4.98 Å². The van der Waals surface area contributed by atoms with Gasteiger partial charge in [0, 0.05) is 25.9 Å². The highest BCUT2D eigenvalue weighted by Gasteiger charge is 2.12. The number of hydrogen-bond donors (Lipinski definition) is 1. The van der Waals surface area contributed by atoms with Crippen molar-refractivity contribution in [1.29, 1.82) is 0 Å². The molecule has 3 heterocycles. The fourth-order valence-corrected chi connectivity index (χ4v) is 3.11. The number of furan rings is 1. The number of benzene rings is 1. The van der Waals surface area contributed by atoms with Gasteiger partial charge in [0.2, 0.25) is 17.6 Å². The third-order valence-corrected chi connectivity index (χ3v) is 4.50. The number of imidazole rings is 1. The molecule has 0 saturated heterocycles. The largest absolute Gasteiger partial charge is 0.461 e. The van der Waals surface area contributed by atoms with Crippen molar-refractivity contribution < 1.29 is 13.7 Å². The van der Waals surface area contributed by atoms with Crippen LogP contribution in [0.5, 0.6) is 0 Å². The van der Waals surface area contributed by atoms with Crippen LogP contribution < -0.4 is 5.32 Å². The number of nitrogens with one attached hydrogen (secondary N) is 1. The molecule has 3 aromatic heterocycles. The maximum absolute atomic E-state index is 12.1. The number of aromatic nitrogens is 4. The zero-order valence-electron chi connectivity index (χ0n) is 15.6. The summed E-state index contributed by atoms with van der Waals surface area (Å²) in [5, 5.41) is 6.79. The van der Waals surface area contributed by atoms with Gasteiger partial charge in [-0.05, 0) is 37.6 Å². The summed E-state index contributed by atoms with van der Waals surface area (Å²) in [4.78, 5) is 20.8. The number of hydrogen-bond acceptors (Lipinski definition) is 6. The van der Waals surface area contributed by atoms with Crippen LogP contribution in [0, 0.1) is 6.92 Å². The Balaban J connectivity index is 1.21. The molecule has 1 amide bonds. The summed E-state index contributed by atoms with van der Waals surface area (Å²) in [6, 6.07) is 11.6. The average Bonchev–Trinajstić information content (AvgIpc) is 3.43. The molecule has 4 aromatic rings. The molecule has 0 atom stereocenters. The standard InChI is InChI=1S/C20H21N5O3/c1-14-22-15-6-2-3-7-16(15)25(14)12-5-11-21-18(26)9-10-19-23-20(24-28-19)17-8-4-13-27-17/h2-4,6-8,13H,5,9-12H2,1H3,(H,21,26). The molecule has 144 valence electrons. The second kappa shape index (κ2) is 8.08. The molecule has 0 unspecified atom stereocenters. The molecule has 8 nitrogen and oxygen atoms in total. The van der Waals surface area contributed by atoms with Crippen molar-refractivity contribution in [2.45, 2.75) is 32.7 Å². The van der Waals surface area contributed by atoms with Crippen molar-refractivity contribution >= 4 is 16.9 Å². The van der Waals surface area contributed by atoms with E-state index in [1.54, 1.807) is 18.4 Å². The van der Waals surface area contributed by atoms with E-state index in [4.69, 9.17) is 8.94 Å². The lowest BCUT2D eigenvalue weighted by molar-refractivity contribution is -0.121. The monoisotopic (exact) mass is 379 g/mol. The number of rotatable bonds is 8. The van der Waals surface area contributed by atoms with Gasteiger partial charge >= 0.3 is 0 Å². The summed E-state index contributed by atoms with van der Waals surface area (Å²) in [6.45, 7) is 3.41. The van der Waals surface area contributed by atoms with Crippen LogP contribution in [-0.2, 0) is 17.8 Å². The number of amides is 1. The molecule has 0 aliphatic carbocycles. The van der Waals surface area contributed by atoms with E-state index in [1.165, 1.54) is 0 Å². The van der Waals surface area contributed by atoms with Crippen molar-refractivity contribution in [1.82, 2.24) is 25.0 Å². The molecule has 1 N–H and O–H groups in total. The van der Waals surface area contributed by atoms with Crippen molar-refractivity contribution in [3.63, 3.8) is 0 Å². The predicted molar refractivity (Wildman–Crippen MR) is 102 cm³/mol. The normalized spacial score (nSPS) is 11.2. The van der Waals surface area contributed by atoms with Crippen LogP contribution in [-0.4, -0.2) is 32.1 Å². The predicted octanol–water partition coefficient (Wildman–Crippen LogP) is 3.13. The highest BCUT2D eigenvalue weighted by Crippen LogP contribution is 2.17. The van der Waals surface area contributed by atoms with Crippen LogP contribution in [0.4, 0.5) is 0 Å². The topological polar surface area (TPSA) is 99.0 Å². The SMILES string of the molecule is Cc1nc2ccccc2n1CCCNC(=O)CCc1nc(-c2ccco2)no1. The second-order valence-corrected chi connectivity index (χ2v) is 6.49. The summed E-state index contributed by atoms with van der Waals surface area (Å²) in [5.74, 6) is 2.30. The van der Waals surface area contributed by atoms with Gasteiger partial charge < -0.3 is 18.8 Å². The van der Waals surface area contributed by atoms with Crippen LogP contribution in [0.1, 0.15) is 24.6 Å². The van der Waals surface area contributed by atoms with E-state index in [0.717, 1.165) is 29.8 Å². The Morgan fingerprint density at radius 2 is 2.07 bits per heavy atom. The minimum atomic E-state index is -0.0371. The quantitative estimate of drug-likeness (QED) is 0.472. The van der Waals surface area contributed by atoms with Crippen LogP contribution in [0.3, 0.4) is 0 Å². The number of carbonyl (C=O) groups is 1. The van der Waals surface area contributed by atoms with E-state index >= 15 is 0 Å². The van der Waals surface area contributed by atoms with Crippen molar-refractivity contribution in [3.8, 4) is 11.6 Å². The van der Waals surface area contributed by atoms with Gasteiger partial charge in [-0.15, -0.1) is 0 Å². The fourth-order valence-electron chi connectivity index (χ4n) is 3.11. The Hall–Kier alpha value is -3.42. The zero-order chi connectivity index (χ0) is 19.3. The zero-order valence-corrected chi connectivity index (χ0v) is 15.6. The third kappa shape index (κ3) is 3.95. The number of carbonyl (C=O) groups excluding carboxylic acids is 1. The summed E-state index contributed by atoms with van der Waals surface area (Å²) >= 11 is 0. The molecule has 0 saturated carbocycles. The second-order valence-electron chi connectivity index (χ2n) is 6.49. The fraction of sp³-hybridized carbons (Fsp3) is 0.300. The molecule has 8 heteroatoms. The summed E-state index contributed by atoms with van der Waals surface area (Å²) < 4.78 is 12.6. The third-order valence-electron chi connectivity index (χ3n) is 4.50. The maximum Gasteiger partial charge on any atom is 0.238 e. The Bertz CT molecular complexity index is 1060. The summed E-state index contributed by atoms with van der Waals surface area (Å²) in [6.07, 6.45) is 3.07. The van der Waals surface area contributed by atoms with Gasteiger partial charge in [0.25, 0.3) is 0 Å². The van der Waals surface area contributed by atoms with E-state index in [9.17, 15) is 4.79 Å². The maximum atomic E-state index is 12.1. The van der Waals surface area contributed by atoms with E-state index in [2.05, 4.69) is 31.1 Å². The molecule has 1 aromatic carbocycles. The highest BCUT2D eigenvalue weighted by atomic mass is 16.5. The van der Waals surface area contributed by atoms with Gasteiger partial charge in [-0.2, -0.15) is 4.98 Å². The van der Waals surface area contributed by atoms with Crippen LogP contribution in [0.15, 0.2) is 51.6 Å². The molecular weight excluding hydrogens is 358 g/mol. The van der Waals surface area contributed by atoms with Crippen LogP contribution in [0.2, 0.25) is 0 Å². The van der Waals surface area contributed by atoms with Gasteiger partial charge in [0.05, 0.1) is 17.3 Å². The molecule has 0 radical (unpaired) electrons. The molecule has 0 bridgehead atoms.